The molecule has 1 aliphatic rings. The van der Waals surface area contributed by atoms with Crippen molar-refractivity contribution >= 4 is 15.9 Å². The lowest BCUT2D eigenvalue weighted by Gasteiger charge is -2.37. The fraction of sp³-hybridized carbons (Fsp3) is 0.500. The van der Waals surface area contributed by atoms with E-state index >= 15 is 0 Å². The van der Waals surface area contributed by atoms with Gasteiger partial charge in [0.1, 0.15) is 5.82 Å². The Morgan fingerprint density at radius 1 is 1.50 bits per heavy atom. The van der Waals surface area contributed by atoms with Crippen LogP contribution in [0.4, 0.5) is 4.39 Å². The predicted octanol–water partition coefficient (Wildman–Crippen LogP) is 0.492. The van der Waals surface area contributed by atoms with Crippen LogP contribution in [0, 0.1) is 5.82 Å². The Morgan fingerprint density at radius 2 is 2.23 bits per heavy atom. The van der Waals surface area contributed by atoms with Crippen molar-refractivity contribution in [2.75, 3.05) is 26.0 Å². The third-order valence-corrected chi connectivity index (χ3v) is 4.78. The molecule has 0 unspecified atom stereocenters. The topological polar surface area (TPSA) is 75.7 Å². The number of hydrogen-bond acceptors (Lipinski definition) is 4. The Bertz CT molecular complexity index is 665. The van der Waals surface area contributed by atoms with Gasteiger partial charge in [0.2, 0.25) is 10.0 Å². The molecule has 1 atom stereocenters. The molecule has 0 aromatic heterocycles. The largest absolute Gasteiger partial charge is 0.363 e. The Labute approximate surface area is 129 Å². The van der Waals surface area contributed by atoms with Crippen LogP contribution in [0.15, 0.2) is 24.3 Å². The lowest BCUT2D eigenvalue weighted by Crippen LogP contribution is -2.59. The molecule has 6 nitrogen and oxygen atoms in total. The maximum absolute atomic E-state index is 13.1. The van der Waals surface area contributed by atoms with Gasteiger partial charge in [0.05, 0.1) is 19.4 Å². The van der Waals surface area contributed by atoms with Gasteiger partial charge in [-0.25, -0.2) is 12.8 Å². The monoisotopic (exact) mass is 330 g/mol. The summed E-state index contributed by atoms with van der Waals surface area (Å²) in [7, 11) is -3.38. The Hall–Kier alpha value is -1.51. The Kier molecular flexibility index (Phi) is 4.84. The zero-order valence-corrected chi connectivity index (χ0v) is 13.3. The summed E-state index contributed by atoms with van der Waals surface area (Å²) in [5.41, 5.74) is -0.637. The minimum Gasteiger partial charge on any atom is -0.363 e. The number of sulfonamides is 1. The Morgan fingerprint density at radius 3 is 2.86 bits per heavy atom. The molecule has 2 rings (SSSR count). The molecule has 1 heterocycles. The summed E-state index contributed by atoms with van der Waals surface area (Å²) in [6, 6.07) is 5.89. The van der Waals surface area contributed by atoms with Crippen molar-refractivity contribution in [1.29, 1.82) is 0 Å². The minimum atomic E-state index is -3.38. The van der Waals surface area contributed by atoms with Gasteiger partial charge in [-0.2, -0.15) is 4.31 Å². The van der Waals surface area contributed by atoms with Crippen LogP contribution < -0.4 is 5.32 Å². The minimum absolute atomic E-state index is 0.0409. The molecule has 1 aromatic rings. The summed E-state index contributed by atoms with van der Waals surface area (Å²) in [6.07, 6.45) is 1.10. The summed E-state index contributed by atoms with van der Waals surface area (Å²) in [5, 5.41) is 2.66. The second kappa shape index (κ2) is 6.31. The van der Waals surface area contributed by atoms with E-state index in [4.69, 9.17) is 4.74 Å². The van der Waals surface area contributed by atoms with Gasteiger partial charge in [-0.15, -0.1) is 0 Å². The standard InChI is InChI=1S/C14H19FN2O4S/c1-14(10-17(6-7-21-14)22(2,19)20)13(18)16-9-11-4-3-5-12(15)8-11/h3-5,8H,6-7,9-10H2,1-2H3,(H,16,18)/t14-/m0/s1. The van der Waals surface area contributed by atoms with Crippen LogP contribution in [0.3, 0.4) is 0 Å². The molecule has 1 aliphatic heterocycles. The van der Waals surface area contributed by atoms with Gasteiger partial charge in [-0.3, -0.25) is 4.79 Å². The number of nitrogens with one attached hydrogen (secondary N) is 1. The van der Waals surface area contributed by atoms with E-state index in [1.54, 1.807) is 19.1 Å². The third kappa shape index (κ3) is 4.02. The van der Waals surface area contributed by atoms with E-state index in [9.17, 15) is 17.6 Å². The van der Waals surface area contributed by atoms with Crippen LogP contribution in [0.25, 0.3) is 0 Å². The van der Waals surface area contributed by atoms with Crippen LogP contribution in [0.5, 0.6) is 0 Å². The first kappa shape index (κ1) is 16.9. The quantitative estimate of drug-likeness (QED) is 0.872. The van der Waals surface area contributed by atoms with Crippen molar-refractivity contribution in [1.82, 2.24) is 9.62 Å². The van der Waals surface area contributed by atoms with Crippen LogP contribution in [-0.4, -0.2) is 50.2 Å². The van der Waals surface area contributed by atoms with Crippen LogP contribution in [0.1, 0.15) is 12.5 Å². The molecule has 122 valence electrons. The highest BCUT2D eigenvalue weighted by atomic mass is 32.2. The lowest BCUT2D eigenvalue weighted by molar-refractivity contribution is -0.152. The van der Waals surface area contributed by atoms with E-state index < -0.39 is 21.5 Å². The van der Waals surface area contributed by atoms with E-state index in [2.05, 4.69) is 5.32 Å². The maximum Gasteiger partial charge on any atom is 0.253 e. The fourth-order valence-electron chi connectivity index (χ4n) is 2.27. The number of morpholine rings is 1. The summed E-state index contributed by atoms with van der Waals surface area (Å²) >= 11 is 0. The van der Waals surface area contributed by atoms with E-state index in [1.165, 1.54) is 16.4 Å². The van der Waals surface area contributed by atoms with Crippen molar-refractivity contribution in [2.45, 2.75) is 19.1 Å². The smallest absolute Gasteiger partial charge is 0.253 e. The molecule has 0 radical (unpaired) electrons. The molecular formula is C14H19FN2O4S. The zero-order valence-electron chi connectivity index (χ0n) is 12.5. The molecule has 8 heteroatoms. The average molecular weight is 330 g/mol. The van der Waals surface area contributed by atoms with Crippen molar-refractivity contribution in [3.8, 4) is 0 Å². The van der Waals surface area contributed by atoms with Gasteiger partial charge in [-0.05, 0) is 24.6 Å². The molecular weight excluding hydrogens is 311 g/mol. The fourth-order valence-corrected chi connectivity index (χ4v) is 3.16. The number of rotatable bonds is 4. The SMILES string of the molecule is C[C@@]1(C(=O)NCc2cccc(F)c2)CN(S(C)(=O)=O)CCO1. The van der Waals surface area contributed by atoms with Crippen molar-refractivity contribution in [3.05, 3.63) is 35.6 Å². The predicted molar refractivity (Wildman–Crippen MR) is 79.0 cm³/mol. The van der Waals surface area contributed by atoms with Gasteiger partial charge >= 0.3 is 0 Å². The average Bonchev–Trinajstić information content (AvgIpc) is 2.44. The van der Waals surface area contributed by atoms with Crippen molar-refractivity contribution in [3.63, 3.8) is 0 Å². The molecule has 0 bridgehead atoms. The maximum atomic E-state index is 13.1. The first-order chi connectivity index (χ1) is 10.2. The number of carbonyl (C=O) groups excluding carboxylic acids is 1. The third-order valence-electron chi connectivity index (χ3n) is 3.53. The summed E-state index contributed by atoms with van der Waals surface area (Å²) in [6.45, 7) is 2.03. The molecule has 0 aliphatic carbocycles. The Balaban J connectivity index is 2.01. The molecule has 1 N–H and O–H groups in total. The molecule has 1 saturated heterocycles. The van der Waals surface area contributed by atoms with Gasteiger partial charge in [0.15, 0.2) is 5.60 Å². The van der Waals surface area contributed by atoms with Gasteiger partial charge in [0.25, 0.3) is 5.91 Å². The summed E-state index contributed by atoms with van der Waals surface area (Å²) < 4.78 is 43.0. The molecule has 1 aromatic carbocycles. The number of carbonyl (C=O) groups is 1. The van der Waals surface area contributed by atoms with Crippen LogP contribution >= 0.6 is 0 Å². The normalized spacial score (nSPS) is 23.2. The number of hydrogen-bond donors (Lipinski definition) is 1. The van der Waals surface area contributed by atoms with E-state index in [0.29, 0.717) is 5.56 Å². The lowest BCUT2D eigenvalue weighted by atomic mass is 10.0. The zero-order chi connectivity index (χ0) is 16.4. The number of ether oxygens (including phenoxy) is 1. The van der Waals surface area contributed by atoms with E-state index in [-0.39, 0.29) is 32.1 Å². The molecule has 0 spiro atoms. The second-order valence-electron chi connectivity index (χ2n) is 5.49. The summed E-state index contributed by atoms with van der Waals surface area (Å²) in [4.78, 5) is 12.3. The number of amides is 1. The molecule has 0 saturated carbocycles. The highest BCUT2D eigenvalue weighted by molar-refractivity contribution is 7.88. The van der Waals surface area contributed by atoms with E-state index in [1.807, 2.05) is 0 Å². The van der Waals surface area contributed by atoms with Gasteiger partial charge < -0.3 is 10.1 Å². The molecule has 22 heavy (non-hydrogen) atoms. The molecule has 1 amide bonds. The first-order valence-electron chi connectivity index (χ1n) is 6.82. The number of halogens is 1. The van der Waals surface area contributed by atoms with Crippen LogP contribution in [-0.2, 0) is 26.1 Å². The number of nitrogens with zero attached hydrogens (tertiary/aromatic N) is 1. The number of benzene rings is 1. The van der Waals surface area contributed by atoms with Crippen LogP contribution in [0.2, 0.25) is 0 Å². The highest BCUT2D eigenvalue weighted by Gasteiger charge is 2.41. The van der Waals surface area contributed by atoms with Crippen molar-refractivity contribution in [2.24, 2.45) is 0 Å². The van der Waals surface area contributed by atoms with Gasteiger partial charge in [-0.1, -0.05) is 12.1 Å². The van der Waals surface area contributed by atoms with E-state index in [0.717, 1.165) is 6.26 Å². The van der Waals surface area contributed by atoms with Gasteiger partial charge in [0, 0.05) is 13.1 Å². The van der Waals surface area contributed by atoms with Crippen molar-refractivity contribution < 1.29 is 22.3 Å². The highest BCUT2D eigenvalue weighted by Crippen LogP contribution is 2.20. The summed E-state index contributed by atoms with van der Waals surface area (Å²) in [5.74, 6) is -0.805. The first-order valence-corrected chi connectivity index (χ1v) is 8.67. The molecule has 1 fully saturated rings. The second-order valence-corrected chi connectivity index (χ2v) is 7.47.